The van der Waals surface area contributed by atoms with Crippen molar-refractivity contribution in [3.8, 4) is 17.6 Å². The average Bonchev–Trinajstić information content (AvgIpc) is 2.81. The number of imide groups is 1. The van der Waals surface area contributed by atoms with Gasteiger partial charge in [-0.25, -0.2) is 14.6 Å². The summed E-state index contributed by atoms with van der Waals surface area (Å²) in [6, 6.07) is 19.9. The number of ether oxygens (including phenoxy) is 3. The molecule has 0 fully saturated rings. The molecule has 3 aromatic rings. The van der Waals surface area contributed by atoms with Crippen LogP contribution in [0.15, 0.2) is 72.9 Å². The summed E-state index contributed by atoms with van der Waals surface area (Å²) in [5, 5.41) is 12.6. The number of hydrogen-bond donors (Lipinski definition) is 1. The maximum Gasteiger partial charge on any atom is 0.430 e. The number of benzene rings is 2. The molecule has 33 heavy (non-hydrogen) atoms. The van der Waals surface area contributed by atoms with Gasteiger partial charge in [0, 0.05) is 25.4 Å². The first kappa shape index (κ1) is 23.2. The molecule has 1 aromatic heterocycles. The number of rotatable bonds is 7. The van der Waals surface area contributed by atoms with Gasteiger partial charge in [-0.15, -0.1) is 0 Å². The van der Waals surface area contributed by atoms with Crippen molar-refractivity contribution in [3.05, 3.63) is 78.5 Å². The lowest BCUT2D eigenvalue weighted by Crippen LogP contribution is -2.41. The first-order chi connectivity index (χ1) is 16.0. The van der Waals surface area contributed by atoms with Crippen molar-refractivity contribution in [2.24, 2.45) is 0 Å². The Morgan fingerprint density at radius 2 is 1.58 bits per heavy atom. The molecule has 0 saturated carbocycles. The zero-order valence-corrected chi connectivity index (χ0v) is 18.1. The lowest BCUT2D eigenvalue weighted by molar-refractivity contribution is 0.190. The minimum Gasteiger partial charge on any atom is -0.410 e. The standard InChI is InChI=1S/C24H22N4O5/c1-17(16-31-2)27-21-13-22(26-15-18(21)14-25)28(23(29)32-19-9-5-3-6-10-19)24(30)33-20-11-7-4-8-12-20/h3-13,15,17H,16H2,1-2H3,(H,26,27). The number of nitrogens with one attached hydrogen (secondary N) is 1. The van der Waals surface area contributed by atoms with Gasteiger partial charge in [-0.05, 0) is 31.2 Å². The molecule has 168 valence electrons. The number of nitriles is 1. The highest BCUT2D eigenvalue weighted by Crippen LogP contribution is 2.24. The molecule has 9 nitrogen and oxygen atoms in total. The third-order valence-electron chi connectivity index (χ3n) is 4.32. The Bertz CT molecular complexity index is 1080. The van der Waals surface area contributed by atoms with Crippen LogP contribution in [0.5, 0.6) is 11.5 Å². The van der Waals surface area contributed by atoms with Gasteiger partial charge in [0.25, 0.3) is 0 Å². The van der Waals surface area contributed by atoms with Crippen molar-refractivity contribution in [2.45, 2.75) is 13.0 Å². The van der Waals surface area contributed by atoms with E-state index in [1.165, 1.54) is 12.3 Å². The molecule has 0 bridgehead atoms. The second kappa shape index (κ2) is 11.3. The lowest BCUT2D eigenvalue weighted by atomic mass is 10.2. The molecule has 1 heterocycles. The summed E-state index contributed by atoms with van der Waals surface area (Å²) in [4.78, 5) is 30.8. The first-order valence-electron chi connectivity index (χ1n) is 10.0. The van der Waals surface area contributed by atoms with Gasteiger partial charge in [0.15, 0.2) is 5.82 Å². The Hall–Kier alpha value is -4.42. The summed E-state index contributed by atoms with van der Waals surface area (Å²) in [6.45, 7) is 2.23. The predicted octanol–water partition coefficient (Wildman–Crippen LogP) is 4.60. The summed E-state index contributed by atoms with van der Waals surface area (Å²) < 4.78 is 15.8. The van der Waals surface area contributed by atoms with Crippen LogP contribution in [-0.2, 0) is 4.74 Å². The molecule has 0 radical (unpaired) electrons. The Labute approximate surface area is 191 Å². The van der Waals surface area contributed by atoms with Crippen LogP contribution in [0.3, 0.4) is 0 Å². The largest absolute Gasteiger partial charge is 0.430 e. The number of pyridine rings is 1. The molecule has 0 aliphatic heterocycles. The van der Waals surface area contributed by atoms with Gasteiger partial charge < -0.3 is 19.5 Å². The predicted molar refractivity (Wildman–Crippen MR) is 121 cm³/mol. The molecular weight excluding hydrogens is 424 g/mol. The van der Waals surface area contributed by atoms with E-state index in [1.54, 1.807) is 67.8 Å². The SMILES string of the molecule is COCC(C)Nc1cc(N(C(=O)Oc2ccccc2)C(=O)Oc2ccccc2)ncc1C#N. The third kappa shape index (κ3) is 6.29. The summed E-state index contributed by atoms with van der Waals surface area (Å²) in [5.74, 6) is 0.393. The van der Waals surface area contributed by atoms with Crippen LogP contribution in [-0.4, -0.2) is 36.9 Å². The number of nitrogens with zero attached hydrogens (tertiary/aromatic N) is 3. The lowest BCUT2D eigenvalue weighted by Gasteiger charge is -2.21. The Morgan fingerprint density at radius 3 is 2.06 bits per heavy atom. The van der Waals surface area contributed by atoms with Crippen LogP contribution in [0, 0.1) is 11.3 Å². The number of carbonyl (C=O) groups excluding carboxylic acids is 2. The zero-order chi connectivity index (χ0) is 23.6. The maximum absolute atomic E-state index is 13.0. The Kier molecular flexibility index (Phi) is 7.94. The smallest absolute Gasteiger partial charge is 0.410 e. The summed E-state index contributed by atoms with van der Waals surface area (Å²) >= 11 is 0. The Balaban J connectivity index is 1.96. The number of anilines is 2. The fourth-order valence-electron chi connectivity index (χ4n) is 2.86. The van der Waals surface area contributed by atoms with E-state index in [-0.39, 0.29) is 28.9 Å². The molecule has 1 atom stereocenters. The van der Waals surface area contributed by atoms with Gasteiger partial charge in [-0.2, -0.15) is 10.2 Å². The van der Waals surface area contributed by atoms with Crippen LogP contribution in [0.2, 0.25) is 0 Å². The number of methoxy groups -OCH3 is 1. The van der Waals surface area contributed by atoms with Crippen molar-refractivity contribution < 1.29 is 23.8 Å². The first-order valence-corrected chi connectivity index (χ1v) is 10.0. The average molecular weight is 446 g/mol. The molecule has 0 aliphatic rings. The molecule has 9 heteroatoms. The van der Waals surface area contributed by atoms with Gasteiger partial charge in [0.1, 0.15) is 17.6 Å². The van der Waals surface area contributed by atoms with Gasteiger partial charge in [0.05, 0.1) is 17.9 Å². The monoisotopic (exact) mass is 446 g/mol. The number of aromatic nitrogens is 1. The van der Waals surface area contributed by atoms with Crippen LogP contribution >= 0.6 is 0 Å². The van der Waals surface area contributed by atoms with E-state index < -0.39 is 12.2 Å². The summed E-state index contributed by atoms with van der Waals surface area (Å²) in [7, 11) is 1.56. The molecule has 0 aliphatic carbocycles. The number of amides is 2. The van der Waals surface area contributed by atoms with Crippen molar-refractivity contribution in [2.75, 3.05) is 23.9 Å². The van der Waals surface area contributed by atoms with Crippen LogP contribution in [0.1, 0.15) is 12.5 Å². The molecule has 3 rings (SSSR count). The maximum atomic E-state index is 13.0. The minimum atomic E-state index is -1.02. The molecule has 1 N–H and O–H groups in total. The molecule has 0 saturated heterocycles. The van der Waals surface area contributed by atoms with Gasteiger partial charge in [-0.3, -0.25) is 0 Å². The van der Waals surface area contributed by atoms with Gasteiger partial charge in [-0.1, -0.05) is 36.4 Å². The second-order valence-corrected chi connectivity index (χ2v) is 6.90. The van der Waals surface area contributed by atoms with Crippen LogP contribution in [0.25, 0.3) is 0 Å². The van der Waals surface area contributed by atoms with Crippen molar-refractivity contribution in [1.82, 2.24) is 4.98 Å². The summed E-state index contributed by atoms with van der Waals surface area (Å²) in [6.07, 6.45) is -0.777. The number of hydrogen-bond acceptors (Lipinski definition) is 8. The number of para-hydroxylation sites is 2. The van der Waals surface area contributed by atoms with Gasteiger partial charge >= 0.3 is 12.2 Å². The minimum absolute atomic E-state index is 0.0806. The molecule has 2 amide bonds. The van der Waals surface area contributed by atoms with E-state index in [0.29, 0.717) is 17.2 Å². The van der Waals surface area contributed by atoms with Crippen molar-refractivity contribution in [1.29, 1.82) is 5.26 Å². The van der Waals surface area contributed by atoms with E-state index in [9.17, 15) is 14.9 Å². The Morgan fingerprint density at radius 1 is 1.03 bits per heavy atom. The van der Waals surface area contributed by atoms with E-state index in [4.69, 9.17) is 14.2 Å². The van der Waals surface area contributed by atoms with Crippen LogP contribution in [0.4, 0.5) is 21.1 Å². The zero-order valence-electron chi connectivity index (χ0n) is 18.1. The molecule has 0 spiro atoms. The van der Waals surface area contributed by atoms with Crippen LogP contribution < -0.4 is 19.7 Å². The molecule has 2 aromatic carbocycles. The molecular formula is C24H22N4O5. The van der Waals surface area contributed by atoms with E-state index in [0.717, 1.165) is 0 Å². The highest BCUT2D eigenvalue weighted by Gasteiger charge is 2.30. The van der Waals surface area contributed by atoms with Crippen molar-refractivity contribution in [3.63, 3.8) is 0 Å². The highest BCUT2D eigenvalue weighted by atomic mass is 16.6. The fourth-order valence-corrected chi connectivity index (χ4v) is 2.86. The second-order valence-electron chi connectivity index (χ2n) is 6.90. The normalized spacial score (nSPS) is 11.1. The van der Waals surface area contributed by atoms with Crippen molar-refractivity contribution >= 4 is 23.7 Å². The van der Waals surface area contributed by atoms with E-state index >= 15 is 0 Å². The van der Waals surface area contributed by atoms with E-state index in [1.807, 2.05) is 13.0 Å². The topological polar surface area (TPSA) is 114 Å². The third-order valence-corrected chi connectivity index (χ3v) is 4.32. The highest BCUT2D eigenvalue weighted by molar-refractivity contribution is 6.10. The molecule has 1 unspecified atom stereocenters. The fraction of sp³-hybridized carbons (Fsp3) is 0.167. The van der Waals surface area contributed by atoms with Gasteiger partial charge in [0.2, 0.25) is 0 Å². The number of carbonyl (C=O) groups is 2. The van der Waals surface area contributed by atoms with E-state index in [2.05, 4.69) is 10.3 Å². The summed E-state index contributed by atoms with van der Waals surface area (Å²) in [5.41, 5.74) is 0.603. The quantitative estimate of drug-likeness (QED) is 0.560.